The van der Waals surface area contributed by atoms with Crippen LogP contribution in [0.15, 0.2) is 24.3 Å². The van der Waals surface area contributed by atoms with Gasteiger partial charge in [0.2, 0.25) is 0 Å². The fraction of sp³-hybridized carbons (Fsp3) is 0.364. The molecule has 17 heavy (non-hydrogen) atoms. The molecule has 3 nitrogen and oxygen atoms in total. The Morgan fingerprint density at radius 1 is 1.18 bits per heavy atom. The summed E-state index contributed by atoms with van der Waals surface area (Å²) in [5, 5.41) is 1.17. The standard InChI is InChI=1S/C11H13Cl2FN2O/c1-11(2,3)15(16(12)13)10(17)8-4-6-9(14)7-5-8/h4-7H,1-3H3. The summed E-state index contributed by atoms with van der Waals surface area (Å²) in [6.07, 6.45) is 0. The monoisotopic (exact) mass is 278 g/mol. The van der Waals surface area contributed by atoms with Gasteiger partial charge in [-0.15, -0.1) is 0 Å². The molecule has 0 unspecified atom stereocenters. The van der Waals surface area contributed by atoms with Crippen LogP contribution >= 0.6 is 23.6 Å². The summed E-state index contributed by atoms with van der Waals surface area (Å²) in [5.41, 5.74) is -0.276. The molecule has 6 heteroatoms. The highest BCUT2D eigenvalue weighted by Crippen LogP contribution is 2.23. The van der Waals surface area contributed by atoms with E-state index in [2.05, 4.69) is 0 Å². The molecule has 0 aliphatic carbocycles. The Kier molecular flexibility index (Phi) is 4.36. The molecule has 0 saturated carbocycles. The van der Waals surface area contributed by atoms with Crippen LogP contribution in [0.4, 0.5) is 4.39 Å². The molecule has 0 fully saturated rings. The van der Waals surface area contributed by atoms with Crippen molar-refractivity contribution in [3.63, 3.8) is 0 Å². The SMILES string of the molecule is CC(C)(C)N(C(=O)c1ccc(F)cc1)N(Cl)Cl. The molecule has 0 bridgehead atoms. The van der Waals surface area contributed by atoms with Crippen molar-refractivity contribution in [1.82, 2.24) is 9.06 Å². The smallest absolute Gasteiger partial charge is 0.268 e. The van der Waals surface area contributed by atoms with Crippen LogP contribution in [0.25, 0.3) is 0 Å². The predicted molar refractivity (Wildman–Crippen MR) is 65.9 cm³/mol. The lowest BCUT2D eigenvalue weighted by Gasteiger charge is -2.36. The molecule has 1 aromatic rings. The number of amides is 1. The molecule has 0 spiro atoms. The van der Waals surface area contributed by atoms with Crippen molar-refractivity contribution in [2.24, 2.45) is 0 Å². The summed E-state index contributed by atoms with van der Waals surface area (Å²) in [6.45, 7) is 5.35. The maximum absolute atomic E-state index is 12.8. The molecule has 0 radical (unpaired) electrons. The van der Waals surface area contributed by atoms with E-state index < -0.39 is 17.3 Å². The van der Waals surface area contributed by atoms with Crippen molar-refractivity contribution in [1.29, 1.82) is 0 Å². The fourth-order valence-corrected chi connectivity index (χ4v) is 1.91. The lowest BCUT2D eigenvalue weighted by atomic mass is 10.1. The minimum Gasteiger partial charge on any atom is -0.268 e. The van der Waals surface area contributed by atoms with Crippen LogP contribution in [0.3, 0.4) is 0 Å². The zero-order chi connectivity index (χ0) is 13.2. The average Bonchev–Trinajstić information content (AvgIpc) is 2.15. The normalized spacial score (nSPS) is 11.7. The van der Waals surface area contributed by atoms with Crippen LogP contribution in [0.2, 0.25) is 0 Å². The largest absolute Gasteiger partial charge is 0.270 e. The third-order valence-electron chi connectivity index (χ3n) is 2.07. The van der Waals surface area contributed by atoms with E-state index in [-0.39, 0.29) is 0 Å². The van der Waals surface area contributed by atoms with Gasteiger partial charge in [0.15, 0.2) is 0 Å². The summed E-state index contributed by atoms with van der Waals surface area (Å²) < 4.78 is 13.4. The van der Waals surface area contributed by atoms with E-state index in [1.165, 1.54) is 29.3 Å². The summed E-state index contributed by atoms with van der Waals surface area (Å²) in [4.78, 5) is 12.1. The number of nitrogens with zero attached hydrogens (tertiary/aromatic N) is 2. The van der Waals surface area contributed by atoms with E-state index in [1.54, 1.807) is 20.8 Å². The number of carbonyl (C=O) groups excluding carboxylic acids is 1. The third kappa shape index (κ3) is 3.56. The van der Waals surface area contributed by atoms with Crippen LogP contribution in [0, 0.1) is 5.82 Å². The second-order valence-corrected chi connectivity index (χ2v) is 5.32. The molecule has 1 aromatic carbocycles. The van der Waals surface area contributed by atoms with Crippen LogP contribution in [0.5, 0.6) is 0 Å². The highest BCUT2D eigenvalue weighted by atomic mass is 35.5. The number of halogens is 3. The maximum Gasteiger partial charge on any atom is 0.270 e. The third-order valence-corrected chi connectivity index (χ3v) is 2.37. The minimum atomic E-state index is -0.588. The Morgan fingerprint density at radius 3 is 2.00 bits per heavy atom. The average molecular weight is 279 g/mol. The molecule has 0 aliphatic heterocycles. The first-order chi connectivity index (χ1) is 7.73. The van der Waals surface area contributed by atoms with Gasteiger partial charge in [-0.2, -0.15) is 0 Å². The minimum absolute atomic E-state index is 0.313. The quantitative estimate of drug-likeness (QED) is 0.610. The Balaban J connectivity index is 3.05. The number of hydrogen-bond donors (Lipinski definition) is 0. The van der Waals surface area contributed by atoms with Gasteiger partial charge in [0.05, 0.1) is 5.54 Å². The van der Waals surface area contributed by atoms with E-state index >= 15 is 0 Å². The summed E-state index contributed by atoms with van der Waals surface area (Å²) >= 11 is 11.3. The van der Waals surface area contributed by atoms with Gasteiger partial charge in [-0.25, -0.2) is 9.40 Å². The molecule has 0 heterocycles. The fourth-order valence-electron chi connectivity index (χ4n) is 1.31. The van der Waals surface area contributed by atoms with Gasteiger partial charge in [0.1, 0.15) is 5.82 Å². The molecule has 0 N–H and O–H groups in total. The highest BCUT2D eigenvalue weighted by molar-refractivity contribution is 6.34. The Labute approximate surface area is 110 Å². The zero-order valence-corrected chi connectivity index (χ0v) is 11.3. The number of rotatable bonds is 2. The van der Waals surface area contributed by atoms with E-state index in [9.17, 15) is 9.18 Å². The second-order valence-electron chi connectivity index (χ2n) is 4.51. The first-order valence-corrected chi connectivity index (χ1v) is 5.63. The molecule has 0 atom stereocenters. The molecule has 0 saturated heterocycles. The van der Waals surface area contributed by atoms with Gasteiger partial charge in [0, 0.05) is 29.1 Å². The van der Waals surface area contributed by atoms with Crippen LogP contribution in [0.1, 0.15) is 31.1 Å². The molecular formula is C11H13Cl2FN2O. The number of hydrogen-bond acceptors (Lipinski definition) is 2. The molecule has 1 amide bonds. The summed E-state index contributed by atoms with van der Waals surface area (Å²) in [6, 6.07) is 5.18. The van der Waals surface area contributed by atoms with Crippen molar-refractivity contribution in [3.05, 3.63) is 35.6 Å². The highest BCUT2D eigenvalue weighted by Gasteiger charge is 2.31. The number of carbonyl (C=O) groups is 1. The summed E-state index contributed by atoms with van der Waals surface area (Å²) in [7, 11) is 0. The molecule has 0 aromatic heterocycles. The molecule has 94 valence electrons. The Bertz CT molecular complexity index is 401. The number of hydrazine groups is 1. The topological polar surface area (TPSA) is 23.6 Å². The van der Waals surface area contributed by atoms with Gasteiger partial charge in [-0.1, -0.05) is 0 Å². The lowest BCUT2D eigenvalue weighted by molar-refractivity contribution is 0.0244. The van der Waals surface area contributed by atoms with Gasteiger partial charge < -0.3 is 0 Å². The van der Waals surface area contributed by atoms with E-state index in [0.717, 1.165) is 0 Å². The van der Waals surface area contributed by atoms with E-state index in [0.29, 0.717) is 9.61 Å². The van der Waals surface area contributed by atoms with Gasteiger partial charge in [0.25, 0.3) is 5.91 Å². The van der Waals surface area contributed by atoms with Gasteiger partial charge >= 0.3 is 0 Å². The maximum atomic E-state index is 12.8. The van der Waals surface area contributed by atoms with Crippen LogP contribution in [-0.4, -0.2) is 20.5 Å². The summed E-state index contributed by atoms with van der Waals surface area (Å²) in [5.74, 6) is -0.806. The zero-order valence-electron chi connectivity index (χ0n) is 9.75. The van der Waals surface area contributed by atoms with Crippen molar-refractivity contribution in [2.75, 3.05) is 0 Å². The van der Waals surface area contributed by atoms with Gasteiger partial charge in [-0.3, -0.25) is 4.79 Å². The van der Waals surface area contributed by atoms with Gasteiger partial charge in [-0.05, 0) is 49.1 Å². The first-order valence-electron chi connectivity index (χ1n) is 4.95. The van der Waals surface area contributed by atoms with Crippen molar-refractivity contribution in [2.45, 2.75) is 26.3 Å². The predicted octanol–water partition coefficient (Wildman–Crippen LogP) is 3.59. The van der Waals surface area contributed by atoms with E-state index in [1.807, 2.05) is 0 Å². The molecule has 0 aliphatic rings. The van der Waals surface area contributed by atoms with Crippen LogP contribution in [-0.2, 0) is 0 Å². The lowest BCUT2D eigenvalue weighted by Crippen LogP contribution is -2.49. The Hall–Kier alpha value is -0.840. The van der Waals surface area contributed by atoms with Crippen LogP contribution < -0.4 is 0 Å². The molecular weight excluding hydrogens is 266 g/mol. The Morgan fingerprint density at radius 2 is 1.65 bits per heavy atom. The van der Waals surface area contributed by atoms with Crippen molar-refractivity contribution in [3.8, 4) is 0 Å². The van der Waals surface area contributed by atoms with E-state index in [4.69, 9.17) is 23.6 Å². The molecule has 1 rings (SSSR count). The van der Waals surface area contributed by atoms with Crippen molar-refractivity contribution < 1.29 is 9.18 Å². The first kappa shape index (κ1) is 14.2. The second kappa shape index (κ2) is 5.21. The van der Waals surface area contributed by atoms with Crippen molar-refractivity contribution >= 4 is 29.5 Å². The number of benzene rings is 1.